The molecule has 1 saturated carbocycles. The van der Waals surface area contributed by atoms with Gasteiger partial charge in [0.15, 0.2) is 0 Å². The number of pyridine rings is 1. The molecule has 1 aromatic heterocycles. The van der Waals surface area contributed by atoms with Gasteiger partial charge in [0.05, 0.1) is 0 Å². The predicted molar refractivity (Wildman–Crippen MR) is 83.6 cm³/mol. The number of unbranched alkanes of at least 4 members (excludes halogenated alkanes) is 2. The molecule has 2 N–H and O–H groups in total. The fourth-order valence-corrected chi connectivity index (χ4v) is 2.96. The lowest BCUT2D eigenvalue weighted by atomic mass is 9.85. The summed E-state index contributed by atoms with van der Waals surface area (Å²) in [6.45, 7) is 0. The highest BCUT2D eigenvalue weighted by molar-refractivity contribution is 5.53. The molecule has 4 nitrogen and oxygen atoms in total. The van der Waals surface area contributed by atoms with E-state index in [0.717, 1.165) is 5.92 Å². The molecule has 0 atom stereocenters. The van der Waals surface area contributed by atoms with Crippen LogP contribution in [0.15, 0.2) is 24.5 Å². The van der Waals surface area contributed by atoms with Crippen LogP contribution >= 0.6 is 0 Å². The van der Waals surface area contributed by atoms with Crippen molar-refractivity contribution < 1.29 is 15.0 Å². The van der Waals surface area contributed by atoms with Gasteiger partial charge in [0.2, 0.25) is 0 Å². The number of aryl methyl sites for hydroxylation is 1. The second-order valence-electron chi connectivity index (χ2n) is 5.75. The van der Waals surface area contributed by atoms with Gasteiger partial charge in [-0.15, -0.1) is 0 Å². The van der Waals surface area contributed by atoms with Crippen molar-refractivity contribution in [3.05, 3.63) is 30.1 Å². The molecule has 0 spiro atoms. The van der Waals surface area contributed by atoms with E-state index in [4.69, 9.17) is 15.0 Å². The van der Waals surface area contributed by atoms with Crippen molar-refractivity contribution in [2.75, 3.05) is 0 Å². The minimum absolute atomic E-state index is 1.06. The van der Waals surface area contributed by atoms with Crippen LogP contribution in [0, 0.1) is 5.92 Å². The van der Waals surface area contributed by atoms with E-state index in [-0.39, 0.29) is 0 Å². The number of nitrogens with zero attached hydrogens (tertiary/aromatic N) is 1. The van der Waals surface area contributed by atoms with Gasteiger partial charge in [0.1, 0.15) is 0 Å². The lowest BCUT2D eigenvalue weighted by molar-refractivity contribution is 0.137. The first-order valence-electron chi connectivity index (χ1n) is 7.99. The van der Waals surface area contributed by atoms with Gasteiger partial charge >= 0.3 is 6.16 Å². The Morgan fingerprint density at radius 3 is 2.48 bits per heavy atom. The van der Waals surface area contributed by atoms with E-state index >= 15 is 0 Å². The van der Waals surface area contributed by atoms with Crippen LogP contribution in [0.1, 0.15) is 63.4 Å². The molecule has 0 bridgehead atoms. The van der Waals surface area contributed by atoms with Gasteiger partial charge in [0.25, 0.3) is 0 Å². The monoisotopic (exact) mass is 293 g/mol. The van der Waals surface area contributed by atoms with Crippen molar-refractivity contribution in [3.63, 3.8) is 0 Å². The predicted octanol–water partition coefficient (Wildman–Crippen LogP) is 4.99. The maximum Gasteiger partial charge on any atom is 0.503 e. The van der Waals surface area contributed by atoms with Gasteiger partial charge in [-0.05, 0) is 30.4 Å². The Kier molecular flexibility index (Phi) is 9.25. The summed E-state index contributed by atoms with van der Waals surface area (Å²) >= 11 is 0. The van der Waals surface area contributed by atoms with E-state index in [9.17, 15) is 0 Å². The average Bonchev–Trinajstić information content (AvgIpc) is 2.48. The smallest absolute Gasteiger partial charge is 0.450 e. The van der Waals surface area contributed by atoms with E-state index < -0.39 is 6.16 Å². The van der Waals surface area contributed by atoms with Crippen molar-refractivity contribution in [2.45, 2.75) is 64.2 Å². The van der Waals surface area contributed by atoms with E-state index in [0.29, 0.717) is 0 Å². The first-order chi connectivity index (χ1) is 10.2. The van der Waals surface area contributed by atoms with Crippen LogP contribution in [-0.2, 0) is 6.42 Å². The summed E-state index contributed by atoms with van der Waals surface area (Å²) in [6, 6.07) is 4.23. The highest BCUT2D eigenvalue weighted by Crippen LogP contribution is 2.27. The molecule has 21 heavy (non-hydrogen) atoms. The van der Waals surface area contributed by atoms with Crippen LogP contribution in [0.2, 0.25) is 0 Å². The molecule has 0 amide bonds. The lowest BCUT2D eigenvalue weighted by Gasteiger charge is -2.21. The van der Waals surface area contributed by atoms with Crippen LogP contribution in [-0.4, -0.2) is 21.4 Å². The average molecular weight is 293 g/mol. The molecule has 1 aromatic rings. The summed E-state index contributed by atoms with van der Waals surface area (Å²) in [5.41, 5.74) is 1.39. The maximum absolute atomic E-state index is 8.56. The lowest BCUT2D eigenvalue weighted by Crippen LogP contribution is -2.05. The first-order valence-corrected chi connectivity index (χ1v) is 7.99. The Morgan fingerprint density at radius 2 is 1.86 bits per heavy atom. The van der Waals surface area contributed by atoms with E-state index in [1.165, 1.54) is 69.8 Å². The second kappa shape index (κ2) is 11.1. The highest BCUT2D eigenvalue weighted by Gasteiger charge is 2.12. The Labute approximate surface area is 127 Å². The number of carbonyl (C=O) groups is 1. The number of carboxylic acid groups (broad SMARTS) is 2. The number of hydrogen-bond acceptors (Lipinski definition) is 2. The van der Waals surface area contributed by atoms with Crippen LogP contribution in [0.5, 0.6) is 0 Å². The molecule has 0 radical (unpaired) electrons. The molecule has 0 unspecified atom stereocenters. The molecular weight excluding hydrogens is 266 g/mol. The Morgan fingerprint density at radius 1 is 1.14 bits per heavy atom. The zero-order valence-corrected chi connectivity index (χ0v) is 12.7. The SMILES string of the molecule is O=C(O)O.c1cncc(CCCCCC2CCCCC2)c1. The Hall–Kier alpha value is -1.58. The van der Waals surface area contributed by atoms with Crippen LogP contribution in [0.3, 0.4) is 0 Å². The Bertz CT molecular complexity index is 371. The number of hydrogen-bond donors (Lipinski definition) is 2. The fourth-order valence-electron chi connectivity index (χ4n) is 2.96. The van der Waals surface area contributed by atoms with E-state index in [2.05, 4.69) is 11.1 Å². The van der Waals surface area contributed by atoms with Crippen molar-refractivity contribution in [3.8, 4) is 0 Å². The molecule has 1 aliphatic carbocycles. The van der Waals surface area contributed by atoms with Crippen molar-refractivity contribution in [1.29, 1.82) is 0 Å². The highest BCUT2D eigenvalue weighted by atomic mass is 16.6. The van der Waals surface area contributed by atoms with Gasteiger partial charge in [-0.25, -0.2) is 4.79 Å². The molecule has 4 heteroatoms. The third kappa shape index (κ3) is 9.88. The first kappa shape index (κ1) is 17.5. The summed E-state index contributed by atoms with van der Waals surface area (Å²) in [5, 5.41) is 13.9. The third-order valence-electron chi connectivity index (χ3n) is 4.03. The topological polar surface area (TPSA) is 70.4 Å². The van der Waals surface area contributed by atoms with Crippen molar-refractivity contribution >= 4 is 6.16 Å². The summed E-state index contributed by atoms with van der Waals surface area (Å²) < 4.78 is 0. The van der Waals surface area contributed by atoms with Gasteiger partial charge in [-0.3, -0.25) is 4.98 Å². The van der Waals surface area contributed by atoms with Crippen LogP contribution in [0.25, 0.3) is 0 Å². The maximum atomic E-state index is 8.56. The molecule has 1 aliphatic rings. The molecule has 0 saturated heterocycles. The van der Waals surface area contributed by atoms with Gasteiger partial charge in [-0.2, -0.15) is 0 Å². The van der Waals surface area contributed by atoms with Crippen LogP contribution < -0.4 is 0 Å². The fraction of sp³-hybridized carbons (Fsp3) is 0.647. The number of aromatic nitrogens is 1. The van der Waals surface area contributed by atoms with E-state index in [1.54, 1.807) is 0 Å². The largest absolute Gasteiger partial charge is 0.503 e. The van der Waals surface area contributed by atoms with Crippen molar-refractivity contribution in [2.24, 2.45) is 5.92 Å². The molecular formula is C17H27NO3. The zero-order valence-electron chi connectivity index (χ0n) is 12.7. The number of rotatable bonds is 6. The van der Waals surface area contributed by atoms with Crippen LogP contribution in [0.4, 0.5) is 4.79 Å². The minimum Gasteiger partial charge on any atom is -0.450 e. The normalized spacial score (nSPS) is 15.0. The quantitative estimate of drug-likeness (QED) is 0.725. The molecule has 1 fully saturated rings. The minimum atomic E-state index is -1.83. The van der Waals surface area contributed by atoms with Gasteiger partial charge in [-0.1, -0.05) is 57.4 Å². The van der Waals surface area contributed by atoms with Gasteiger partial charge < -0.3 is 10.2 Å². The Balaban J connectivity index is 0.000000491. The zero-order chi connectivity index (χ0) is 15.3. The molecule has 0 aliphatic heterocycles. The van der Waals surface area contributed by atoms with Gasteiger partial charge in [0, 0.05) is 12.4 Å². The van der Waals surface area contributed by atoms with E-state index in [1.807, 2.05) is 18.5 Å². The van der Waals surface area contributed by atoms with Crippen molar-refractivity contribution in [1.82, 2.24) is 4.98 Å². The summed E-state index contributed by atoms with van der Waals surface area (Å²) in [6.07, 6.45) is 16.3. The third-order valence-corrected chi connectivity index (χ3v) is 4.03. The standard InChI is InChI=1S/C16H25N.CH2O3/c1-3-8-15(9-4-1)10-5-2-6-11-16-12-7-13-17-14-16;2-1(3)4/h7,12-15H,1-6,8-11H2;(H2,2,3,4). The summed E-state index contributed by atoms with van der Waals surface area (Å²) in [7, 11) is 0. The summed E-state index contributed by atoms with van der Waals surface area (Å²) in [5.74, 6) is 1.06. The summed E-state index contributed by atoms with van der Waals surface area (Å²) in [4.78, 5) is 12.7. The second-order valence-corrected chi connectivity index (χ2v) is 5.75. The molecule has 0 aromatic carbocycles. The molecule has 118 valence electrons. The molecule has 1 heterocycles. The molecule has 2 rings (SSSR count).